The molecule has 9 heteroatoms. The Kier molecular flexibility index (Phi) is 7.07. The number of carbonyl (C=O) groups excluding carboxylic acids is 1. The van der Waals surface area contributed by atoms with Gasteiger partial charge in [-0.3, -0.25) is 9.69 Å². The zero-order valence-corrected chi connectivity index (χ0v) is 20.5. The Bertz CT molecular complexity index is 1070. The quantitative estimate of drug-likeness (QED) is 0.542. The number of morpholine rings is 1. The zero-order chi connectivity index (χ0) is 22.7. The maximum atomic E-state index is 12.8. The molecule has 0 aromatic heterocycles. The van der Waals surface area contributed by atoms with Gasteiger partial charge in [0.2, 0.25) is 0 Å². The van der Waals surface area contributed by atoms with Crippen LogP contribution in [-0.4, -0.2) is 63.5 Å². The molecule has 4 rings (SSSR count). The van der Waals surface area contributed by atoms with Crippen LogP contribution in [0.5, 0.6) is 11.5 Å². The van der Waals surface area contributed by atoms with E-state index < -0.39 is 0 Å². The minimum Gasteiger partial charge on any atom is -0.496 e. The fourth-order valence-corrected chi connectivity index (χ4v) is 4.96. The van der Waals surface area contributed by atoms with Crippen LogP contribution in [0, 0.1) is 0 Å². The van der Waals surface area contributed by atoms with Gasteiger partial charge in [0.05, 0.1) is 42.5 Å². The molecular formula is C23H24BrN3O4S. The first-order chi connectivity index (χ1) is 15.5. The average molecular weight is 518 g/mol. The second kappa shape index (κ2) is 9.97. The third-order valence-electron chi connectivity index (χ3n) is 5.25. The maximum absolute atomic E-state index is 12.8. The third kappa shape index (κ3) is 4.79. The number of ether oxygens (including phenoxy) is 3. The predicted octanol–water partition coefficient (Wildman–Crippen LogP) is 4.54. The number of amides is 1. The lowest BCUT2D eigenvalue weighted by molar-refractivity contribution is -0.121. The van der Waals surface area contributed by atoms with Crippen LogP contribution in [0.2, 0.25) is 0 Å². The summed E-state index contributed by atoms with van der Waals surface area (Å²) < 4.78 is 17.0. The molecule has 32 heavy (non-hydrogen) atoms. The van der Waals surface area contributed by atoms with Crippen molar-refractivity contribution in [2.24, 2.45) is 4.99 Å². The van der Waals surface area contributed by atoms with Crippen LogP contribution in [0.4, 0.5) is 11.4 Å². The summed E-state index contributed by atoms with van der Waals surface area (Å²) in [5, 5.41) is 0.631. The normalized spacial score (nSPS) is 19.2. The molecule has 0 radical (unpaired) electrons. The summed E-state index contributed by atoms with van der Waals surface area (Å²) in [6.07, 6.45) is 1.82. The van der Waals surface area contributed by atoms with E-state index in [-0.39, 0.29) is 5.91 Å². The van der Waals surface area contributed by atoms with Crippen molar-refractivity contribution in [1.29, 1.82) is 0 Å². The summed E-state index contributed by atoms with van der Waals surface area (Å²) >= 11 is 4.83. The van der Waals surface area contributed by atoms with Gasteiger partial charge >= 0.3 is 0 Å². The van der Waals surface area contributed by atoms with Crippen molar-refractivity contribution in [3.05, 3.63) is 51.3 Å². The number of carbonyl (C=O) groups is 1. The van der Waals surface area contributed by atoms with E-state index in [2.05, 4.69) is 33.0 Å². The standard InChI is InChI=1S/C23H24BrN3O4S/c1-26-22(28)21(13-15-12-18(24)20(30-3)14-19(15)29-2)32-23(26)25-16-4-6-17(7-5-16)27-8-10-31-11-9-27/h4-7,12-14H,8-11H2,1-3H3/b21-13-,25-23?. The summed E-state index contributed by atoms with van der Waals surface area (Å²) in [6, 6.07) is 11.7. The Labute approximate surface area is 200 Å². The summed E-state index contributed by atoms with van der Waals surface area (Å²) in [5.41, 5.74) is 2.73. The molecule has 168 valence electrons. The monoisotopic (exact) mass is 517 g/mol. The fourth-order valence-electron chi connectivity index (χ4n) is 3.46. The summed E-state index contributed by atoms with van der Waals surface area (Å²) in [6.45, 7) is 3.27. The Morgan fingerprint density at radius 2 is 1.78 bits per heavy atom. The van der Waals surface area contributed by atoms with Crippen LogP contribution in [0.3, 0.4) is 0 Å². The van der Waals surface area contributed by atoms with Gasteiger partial charge in [-0.05, 0) is 64.1 Å². The zero-order valence-electron chi connectivity index (χ0n) is 18.1. The van der Waals surface area contributed by atoms with Crippen LogP contribution in [-0.2, 0) is 9.53 Å². The Morgan fingerprint density at radius 1 is 1.09 bits per heavy atom. The molecule has 2 heterocycles. The number of methoxy groups -OCH3 is 2. The van der Waals surface area contributed by atoms with E-state index in [0.29, 0.717) is 21.6 Å². The van der Waals surface area contributed by atoms with Gasteiger partial charge in [0, 0.05) is 37.5 Å². The summed E-state index contributed by atoms with van der Waals surface area (Å²) in [4.78, 5) is 22.0. The van der Waals surface area contributed by atoms with E-state index >= 15 is 0 Å². The minimum absolute atomic E-state index is 0.104. The number of rotatable bonds is 5. The number of likely N-dealkylation sites (N-methyl/N-ethyl adjacent to an activating group) is 1. The van der Waals surface area contributed by atoms with E-state index in [4.69, 9.17) is 19.2 Å². The number of hydrogen-bond acceptors (Lipinski definition) is 7. The molecule has 7 nitrogen and oxygen atoms in total. The molecule has 0 spiro atoms. The van der Waals surface area contributed by atoms with Crippen molar-refractivity contribution in [3.8, 4) is 11.5 Å². The third-order valence-corrected chi connectivity index (χ3v) is 6.92. The highest BCUT2D eigenvalue weighted by Crippen LogP contribution is 2.38. The number of hydrogen-bond donors (Lipinski definition) is 0. The van der Waals surface area contributed by atoms with Gasteiger partial charge in [-0.2, -0.15) is 0 Å². The van der Waals surface area contributed by atoms with E-state index in [1.54, 1.807) is 32.2 Å². The molecule has 2 saturated heterocycles. The highest BCUT2D eigenvalue weighted by molar-refractivity contribution is 9.10. The van der Waals surface area contributed by atoms with Gasteiger partial charge in [0.25, 0.3) is 5.91 Å². The molecule has 0 atom stereocenters. The van der Waals surface area contributed by atoms with Gasteiger partial charge in [-0.15, -0.1) is 0 Å². The topological polar surface area (TPSA) is 63.6 Å². The van der Waals surface area contributed by atoms with Gasteiger partial charge < -0.3 is 19.1 Å². The number of halogens is 1. The first-order valence-electron chi connectivity index (χ1n) is 10.1. The lowest BCUT2D eigenvalue weighted by atomic mass is 10.1. The van der Waals surface area contributed by atoms with Crippen LogP contribution >= 0.6 is 27.7 Å². The van der Waals surface area contributed by atoms with Gasteiger partial charge in [-0.1, -0.05) is 0 Å². The van der Waals surface area contributed by atoms with E-state index in [1.165, 1.54) is 11.8 Å². The molecule has 0 N–H and O–H groups in total. The highest BCUT2D eigenvalue weighted by Gasteiger charge is 2.30. The SMILES string of the molecule is COc1cc(OC)c(/C=C2\SC(=Nc3ccc(N4CCOCC4)cc3)N(C)C2=O)cc1Br. The summed E-state index contributed by atoms with van der Waals surface area (Å²) in [7, 11) is 4.92. The number of nitrogens with zero attached hydrogens (tertiary/aromatic N) is 3. The Hall–Kier alpha value is -2.49. The second-order valence-electron chi connectivity index (χ2n) is 7.21. The molecule has 0 bridgehead atoms. The van der Waals surface area contributed by atoms with Gasteiger partial charge in [0.1, 0.15) is 11.5 Å². The largest absolute Gasteiger partial charge is 0.496 e. The molecule has 2 fully saturated rings. The first kappa shape index (κ1) is 22.7. The van der Waals surface area contributed by atoms with Crippen molar-refractivity contribution in [2.45, 2.75) is 0 Å². The van der Waals surface area contributed by atoms with Crippen LogP contribution < -0.4 is 14.4 Å². The van der Waals surface area contributed by atoms with Crippen molar-refractivity contribution in [2.75, 3.05) is 52.5 Å². The Balaban J connectivity index is 1.56. The molecule has 0 aliphatic carbocycles. The number of amidine groups is 1. The molecule has 2 aromatic carbocycles. The van der Waals surface area contributed by atoms with E-state index in [1.807, 2.05) is 24.3 Å². The molecule has 0 unspecified atom stereocenters. The predicted molar refractivity (Wildman–Crippen MR) is 132 cm³/mol. The second-order valence-corrected chi connectivity index (χ2v) is 9.08. The van der Waals surface area contributed by atoms with Crippen LogP contribution in [0.15, 0.2) is 50.8 Å². The lowest BCUT2D eigenvalue weighted by Crippen LogP contribution is -2.36. The number of aliphatic imine (C=N–C) groups is 1. The number of benzene rings is 2. The van der Waals surface area contributed by atoms with Crippen molar-refractivity contribution < 1.29 is 19.0 Å². The fraction of sp³-hybridized carbons (Fsp3) is 0.304. The molecule has 2 aliphatic rings. The highest BCUT2D eigenvalue weighted by atomic mass is 79.9. The molecule has 2 aliphatic heterocycles. The van der Waals surface area contributed by atoms with Crippen LogP contribution in [0.25, 0.3) is 6.08 Å². The lowest BCUT2D eigenvalue weighted by Gasteiger charge is -2.28. The van der Waals surface area contributed by atoms with Crippen molar-refractivity contribution in [1.82, 2.24) is 4.90 Å². The molecule has 2 aromatic rings. The van der Waals surface area contributed by atoms with Crippen molar-refractivity contribution >= 4 is 56.2 Å². The first-order valence-corrected chi connectivity index (χ1v) is 11.7. The van der Waals surface area contributed by atoms with Gasteiger partial charge in [0.15, 0.2) is 5.17 Å². The van der Waals surface area contributed by atoms with E-state index in [0.717, 1.165) is 47.7 Å². The molecule has 0 saturated carbocycles. The average Bonchev–Trinajstić information content (AvgIpc) is 3.08. The van der Waals surface area contributed by atoms with Gasteiger partial charge in [-0.25, -0.2) is 4.99 Å². The van der Waals surface area contributed by atoms with Crippen LogP contribution in [0.1, 0.15) is 5.56 Å². The van der Waals surface area contributed by atoms with E-state index in [9.17, 15) is 4.79 Å². The Morgan fingerprint density at radius 3 is 2.44 bits per heavy atom. The summed E-state index contributed by atoms with van der Waals surface area (Å²) in [5.74, 6) is 1.18. The molecule has 1 amide bonds. The number of anilines is 1. The number of thioether (sulfide) groups is 1. The maximum Gasteiger partial charge on any atom is 0.266 e. The minimum atomic E-state index is -0.104. The van der Waals surface area contributed by atoms with Crippen molar-refractivity contribution in [3.63, 3.8) is 0 Å². The smallest absolute Gasteiger partial charge is 0.266 e. The molecular weight excluding hydrogens is 494 g/mol.